The van der Waals surface area contributed by atoms with Gasteiger partial charge in [0.25, 0.3) is 10.0 Å². The normalized spacial score (nSPS) is 26.3. The zero-order chi connectivity index (χ0) is 14.9. The Morgan fingerprint density at radius 1 is 1.14 bits per heavy atom. The smallest absolute Gasteiger partial charge is 0.254 e. The monoisotopic (exact) mass is 306 g/mol. The van der Waals surface area contributed by atoms with Crippen LogP contribution in [0.2, 0.25) is 0 Å². The van der Waals surface area contributed by atoms with Crippen molar-refractivity contribution in [1.29, 1.82) is 0 Å². The van der Waals surface area contributed by atoms with Crippen LogP contribution in [0.15, 0.2) is 36.3 Å². The molecule has 0 radical (unpaired) electrons. The molecule has 0 saturated carbocycles. The summed E-state index contributed by atoms with van der Waals surface area (Å²) in [5, 5.41) is 0.927. The predicted molar refractivity (Wildman–Crippen MR) is 85.5 cm³/mol. The van der Waals surface area contributed by atoms with E-state index in [1.807, 2.05) is 24.3 Å². The van der Waals surface area contributed by atoms with Crippen LogP contribution >= 0.6 is 0 Å². The van der Waals surface area contributed by atoms with Crippen molar-refractivity contribution in [2.45, 2.75) is 44.2 Å². The van der Waals surface area contributed by atoms with Crippen molar-refractivity contribution in [2.24, 2.45) is 0 Å². The maximum atomic E-state index is 11.5. The van der Waals surface area contributed by atoms with Crippen molar-refractivity contribution in [3.8, 4) is 0 Å². The zero-order valence-electron chi connectivity index (χ0n) is 12.2. The third kappa shape index (κ3) is 3.14. The molecule has 2 aliphatic rings. The Hall–Kier alpha value is -1.33. The van der Waals surface area contributed by atoms with Crippen molar-refractivity contribution in [3.05, 3.63) is 41.8 Å². The standard InChI is InChI=1S/C16H22N2O2S/c1-2-21(19,20)17-14-8-6-13(7-9-14)16-11-10-15-5-3-4-12-18(15)16/h2,6-9,15-17H,1,3-5,10-12H2. The summed E-state index contributed by atoms with van der Waals surface area (Å²) in [5.74, 6) is 0. The van der Waals surface area contributed by atoms with E-state index in [2.05, 4.69) is 16.2 Å². The van der Waals surface area contributed by atoms with Gasteiger partial charge < -0.3 is 0 Å². The van der Waals surface area contributed by atoms with Gasteiger partial charge in [0.1, 0.15) is 0 Å². The molecule has 2 unspecified atom stereocenters. The molecule has 1 N–H and O–H groups in total. The van der Waals surface area contributed by atoms with Crippen LogP contribution in [0.4, 0.5) is 5.69 Å². The van der Waals surface area contributed by atoms with Gasteiger partial charge in [-0.1, -0.05) is 25.1 Å². The SMILES string of the molecule is C=CS(=O)(=O)Nc1ccc(C2CCC3CCCCN32)cc1. The highest BCUT2D eigenvalue weighted by Gasteiger charge is 2.35. The highest BCUT2D eigenvalue weighted by Crippen LogP contribution is 2.40. The minimum atomic E-state index is -3.42. The molecule has 4 nitrogen and oxygen atoms in total. The summed E-state index contributed by atoms with van der Waals surface area (Å²) in [6.45, 7) is 4.49. The average Bonchev–Trinajstić information content (AvgIpc) is 2.92. The summed E-state index contributed by atoms with van der Waals surface area (Å²) >= 11 is 0. The Morgan fingerprint density at radius 3 is 2.62 bits per heavy atom. The number of benzene rings is 1. The minimum absolute atomic E-state index is 0.500. The van der Waals surface area contributed by atoms with Gasteiger partial charge in [-0.3, -0.25) is 9.62 Å². The first-order valence-electron chi connectivity index (χ1n) is 7.60. The fraction of sp³-hybridized carbons (Fsp3) is 0.500. The molecule has 114 valence electrons. The van der Waals surface area contributed by atoms with Gasteiger partial charge in [-0.05, 0) is 49.9 Å². The van der Waals surface area contributed by atoms with E-state index in [4.69, 9.17) is 0 Å². The zero-order valence-corrected chi connectivity index (χ0v) is 13.0. The van der Waals surface area contributed by atoms with E-state index < -0.39 is 10.0 Å². The summed E-state index contributed by atoms with van der Waals surface area (Å²) in [5.41, 5.74) is 1.88. The van der Waals surface area contributed by atoms with E-state index in [9.17, 15) is 8.42 Å². The predicted octanol–water partition coefficient (Wildman–Crippen LogP) is 3.26. The van der Waals surface area contributed by atoms with Crippen LogP contribution in [0.5, 0.6) is 0 Å². The molecule has 2 aliphatic heterocycles. The Labute approximate surface area is 126 Å². The molecule has 3 rings (SSSR count). The Balaban J connectivity index is 1.74. The van der Waals surface area contributed by atoms with Crippen LogP contribution in [0.1, 0.15) is 43.7 Å². The van der Waals surface area contributed by atoms with E-state index >= 15 is 0 Å². The fourth-order valence-electron chi connectivity index (χ4n) is 3.60. The van der Waals surface area contributed by atoms with Crippen molar-refractivity contribution < 1.29 is 8.42 Å². The molecule has 1 aromatic rings. The molecule has 0 aliphatic carbocycles. The molecule has 0 bridgehead atoms. The van der Waals surface area contributed by atoms with Gasteiger partial charge in [-0.15, -0.1) is 0 Å². The maximum absolute atomic E-state index is 11.5. The molecule has 1 aromatic carbocycles. The average molecular weight is 306 g/mol. The van der Waals surface area contributed by atoms with Crippen LogP contribution in [-0.4, -0.2) is 25.9 Å². The van der Waals surface area contributed by atoms with Crippen LogP contribution in [0.25, 0.3) is 0 Å². The summed E-state index contributed by atoms with van der Waals surface area (Å²) in [4.78, 5) is 2.63. The maximum Gasteiger partial charge on any atom is 0.254 e. The molecule has 0 spiro atoms. The third-order valence-corrected chi connectivity index (χ3v) is 5.58. The van der Waals surface area contributed by atoms with Crippen LogP contribution in [0.3, 0.4) is 0 Å². The van der Waals surface area contributed by atoms with Crippen LogP contribution in [0, 0.1) is 0 Å². The number of sulfonamides is 1. The highest BCUT2D eigenvalue weighted by atomic mass is 32.2. The molecular weight excluding hydrogens is 284 g/mol. The number of anilines is 1. The molecule has 0 aromatic heterocycles. The minimum Gasteiger partial charge on any atom is -0.293 e. The van der Waals surface area contributed by atoms with E-state index in [0.29, 0.717) is 11.7 Å². The van der Waals surface area contributed by atoms with Crippen molar-refractivity contribution >= 4 is 15.7 Å². The number of piperidine rings is 1. The second kappa shape index (κ2) is 5.81. The molecule has 2 heterocycles. The number of hydrogen-bond donors (Lipinski definition) is 1. The van der Waals surface area contributed by atoms with E-state index in [1.165, 1.54) is 44.2 Å². The van der Waals surface area contributed by atoms with Gasteiger partial charge >= 0.3 is 0 Å². The summed E-state index contributed by atoms with van der Waals surface area (Å²) in [6.07, 6.45) is 6.48. The first-order valence-corrected chi connectivity index (χ1v) is 9.15. The molecule has 0 amide bonds. The van der Waals surface area contributed by atoms with Gasteiger partial charge in [0.15, 0.2) is 0 Å². The van der Waals surface area contributed by atoms with Crippen molar-refractivity contribution in [2.75, 3.05) is 11.3 Å². The first kappa shape index (κ1) is 14.6. The molecule has 5 heteroatoms. The van der Waals surface area contributed by atoms with Gasteiger partial charge in [0.2, 0.25) is 0 Å². The molecule has 21 heavy (non-hydrogen) atoms. The molecular formula is C16H22N2O2S. The topological polar surface area (TPSA) is 49.4 Å². The fourth-order valence-corrected chi connectivity index (χ4v) is 4.14. The highest BCUT2D eigenvalue weighted by molar-refractivity contribution is 7.95. The second-order valence-corrected chi connectivity index (χ2v) is 7.54. The summed E-state index contributed by atoms with van der Waals surface area (Å²) < 4.78 is 25.4. The molecule has 2 atom stereocenters. The number of nitrogens with one attached hydrogen (secondary N) is 1. The number of fused-ring (bicyclic) bond motifs is 1. The van der Waals surface area contributed by atoms with Crippen LogP contribution < -0.4 is 4.72 Å². The van der Waals surface area contributed by atoms with Crippen LogP contribution in [-0.2, 0) is 10.0 Å². The Morgan fingerprint density at radius 2 is 1.90 bits per heavy atom. The van der Waals surface area contributed by atoms with Gasteiger partial charge in [0, 0.05) is 23.2 Å². The number of hydrogen-bond acceptors (Lipinski definition) is 3. The van der Waals surface area contributed by atoms with Gasteiger partial charge in [-0.25, -0.2) is 8.42 Å². The van der Waals surface area contributed by atoms with E-state index in [-0.39, 0.29) is 0 Å². The molecule has 2 fully saturated rings. The Bertz CT molecular complexity index is 610. The summed E-state index contributed by atoms with van der Waals surface area (Å²) in [7, 11) is -3.42. The summed E-state index contributed by atoms with van der Waals surface area (Å²) in [6, 6.07) is 9.02. The van der Waals surface area contributed by atoms with E-state index in [1.54, 1.807) is 0 Å². The third-order valence-electron chi connectivity index (χ3n) is 4.62. The largest absolute Gasteiger partial charge is 0.293 e. The molecule has 2 saturated heterocycles. The lowest BCUT2D eigenvalue weighted by Crippen LogP contribution is -2.35. The first-order chi connectivity index (χ1) is 10.1. The van der Waals surface area contributed by atoms with Gasteiger partial charge in [0.05, 0.1) is 0 Å². The lowest BCUT2D eigenvalue weighted by atomic mass is 10.0. The number of nitrogens with zero attached hydrogens (tertiary/aromatic N) is 1. The quantitative estimate of drug-likeness (QED) is 0.929. The van der Waals surface area contributed by atoms with Crippen molar-refractivity contribution in [3.63, 3.8) is 0 Å². The number of rotatable bonds is 4. The lowest BCUT2D eigenvalue weighted by molar-refractivity contribution is 0.150. The van der Waals surface area contributed by atoms with Crippen molar-refractivity contribution in [1.82, 2.24) is 4.90 Å². The van der Waals surface area contributed by atoms with Gasteiger partial charge in [-0.2, -0.15) is 0 Å². The Kier molecular flexibility index (Phi) is 4.04. The second-order valence-electron chi connectivity index (χ2n) is 5.92. The lowest BCUT2D eigenvalue weighted by Gasteiger charge is -2.34. The van der Waals surface area contributed by atoms with E-state index in [0.717, 1.165) is 11.4 Å².